The fourth-order valence-electron chi connectivity index (χ4n) is 2.38. The molecule has 1 atom stereocenters. The average Bonchev–Trinajstić information content (AvgIpc) is 2.57. The van der Waals surface area contributed by atoms with Crippen LogP contribution in [0.4, 0.5) is 8.78 Å². The van der Waals surface area contributed by atoms with E-state index in [-0.39, 0.29) is 17.5 Å². The zero-order valence-electron chi connectivity index (χ0n) is 13.6. The van der Waals surface area contributed by atoms with E-state index < -0.39 is 17.6 Å². The normalized spacial score (nSPS) is 11.0. The van der Waals surface area contributed by atoms with Crippen LogP contribution in [0.3, 0.4) is 0 Å². The third kappa shape index (κ3) is 4.12. The topological polar surface area (TPSA) is 22.0 Å². The van der Waals surface area contributed by atoms with E-state index in [2.05, 4.69) is 23.7 Å². The minimum atomic E-state index is -0.656. The lowest BCUT2D eigenvalue weighted by Crippen LogP contribution is -2.23. The zero-order valence-corrected chi connectivity index (χ0v) is 13.6. The number of hydrogen-bond acceptors (Lipinski definition) is 1. The van der Waals surface area contributed by atoms with Gasteiger partial charge in [-0.15, -0.1) is 0 Å². The van der Waals surface area contributed by atoms with Crippen molar-refractivity contribution in [3.05, 3.63) is 69.6 Å². The van der Waals surface area contributed by atoms with E-state index in [9.17, 15) is 13.6 Å². The van der Waals surface area contributed by atoms with Gasteiger partial charge >= 0.3 is 0 Å². The summed E-state index contributed by atoms with van der Waals surface area (Å²) in [5.41, 5.74) is 0.242. The Hall–Kier alpha value is -2.85. The minimum absolute atomic E-state index is 0.121. The number of nitrogens with zero attached hydrogens (tertiary/aromatic N) is 1. The van der Waals surface area contributed by atoms with Crippen molar-refractivity contribution >= 4 is 0 Å². The molecule has 1 unspecified atom stereocenters. The molecule has 2 nitrogen and oxygen atoms in total. The zero-order chi connectivity index (χ0) is 17.5. The highest BCUT2D eigenvalue weighted by atomic mass is 19.1. The molecular weight excluding hydrogens is 308 g/mol. The summed E-state index contributed by atoms with van der Waals surface area (Å²) in [6.07, 6.45) is 2.48. The summed E-state index contributed by atoms with van der Waals surface area (Å²) < 4.78 is 29.2. The maximum Gasteiger partial charge on any atom is 0.254 e. The predicted molar refractivity (Wildman–Crippen MR) is 90.3 cm³/mol. The second-order valence-corrected chi connectivity index (χ2v) is 5.26. The Balaban J connectivity index is 2.52. The third-order valence-electron chi connectivity index (χ3n) is 3.58. The largest absolute Gasteiger partial charge is 0.318 e. The van der Waals surface area contributed by atoms with Crippen molar-refractivity contribution in [1.29, 1.82) is 0 Å². The molecule has 24 heavy (non-hydrogen) atoms. The van der Waals surface area contributed by atoms with Crippen LogP contribution in [-0.2, 0) is 7.05 Å². The van der Waals surface area contributed by atoms with E-state index in [1.165, 1.54) is 4.57 Å². The second-order valence-electron chi connectivity index (χ2n) is 5.26. The van der Waals surface area contributed by atoms with Crippen molar-refractivity contribution in [3.8, 4) is 23.7 Å². The van der Waals surface area contributed by atoms with E-state index in [1.807, 2.05) is 6.92 Å². The number of benzene rings is 1. The Morgan fingerprint density at radius 2 is 1.88 bits per heavy atom. The molecule has 0 aliphatic carbocycles. The highest BCUT2D eigenvalue weighted by Crippen LogP contribution is 2.28. The van der Waals surface area contributed by atoms with E-state index in [4.69, 9.17) is 0 Å². The second kappa shape index (κ2) is 8.13. The summed E-state index contributed by atoms with van der Waals surface area (Å²) in [5, 5.41) is 0. The molecule has 0 spiro atoms. The molecule has 1 heterocycles. The van der Waals surface area contributed by atoms with Crippen LogP contribution < -0.4 is 5.56 Å². The fraction of sp³-hybridized carbons (Fsp3) is 0.250. The summed E-state index contributed by atoms with van der Waals surface area (Å²) in [6, 6.07) is 6.56. The minimum Gasteiger partial charge on any atom is -0.318 e. The van der Waals surface area contributed by atoms with Crippen LogP contribution in [0.2, 0.25) is 0 Å². The Morgan fingerprint density at radius 1 is 1.12 bits per heavy atom. The molecular formula is C20H17F2NO. The smallest absolute Gasteiger partial charge is 0.254 e. The molecule has 0 saturated carbocycles. The van der Waals surface area contributed by atoms with Crippen molar-refractivity contribution in [1.82, 2.24) is 4.57 Å². The monoisotopic (exact) mass is 325 g/mol. The highest BCUT2D eigenvalue weighted by Gasteiger charge is 2.21. The highest BCUT2D eigenvalue weighted by molar-refractivity contribution is 5.35. The molecule has 1 aromatic carbocycles. The molecule has 0 bridgehead atoms. The summed E-state index contributed by atoms with van der Waals surface area (Å²) in [7, 11) is 1.61. The maximum atomic E-state index is 14.2. The van der Waals surface area contributed by atoms with Crippen LogP contribution in [0.15, 0.2) is 41.3 Å². The molecule has 0 aliphatic rings. The first kappa shape index (κ1) is 17.5. The number of halogens is 2. The van der Waals surface area contributed by atoms with Gasteiger partial charge in [0.25, 0.3) is 5.56 Å². The molecule has 0 saturated heterocycles. The summed E-state index contributed by atoms with van der Waals surface area (Å²) >= 11 is 0. The van der Waals surface area contributed by atoms with Gasteiger partial charge < -0.3 is 4.57 Å². The van der Waals surface area contributed by atoms with E-state index in [1.54, 1.807) is 25.4 Å². The maximum absolute atomic E-state index is 14.2. The van der Waals surface area contributed by atoms with E-state index in [0.717, 1.165) is 18.2 Å². The van der Waals surface area contributed by atoms with Gasteiger partial charge in [-0.2, -0.15) is 0 Å². The van der Waals surface area contributed by atoms with Gasteiger partial charge in [0.05, 0.1) is 0 Å². The summed E-state index contributed by atoms with van der Waals surface area (Å²) in [4.78, 5) is 12.4. The Morgan fingerprint density at radius 3 is 2.62 bits per heavy atom. The van der Waals surface area contributed by atoms with Gasteiger partial charge in [0, 0.05) is 37.6 Å². The van der Waals surface area contributed by atoms with Gasteiger partial charge in [-0.05, 0) is 41.7 Å². The molecule has 0 fully saturated rings. The number of pyridine rings is 1. The lowest BCUT2D eigenvalue weighted by Gasteiger charge is -2.16. The van der Waals surface area contributed by atoms with Crippen LogP contribution in [0.25, 0.3) is 0 Å². The molecule has 122 valence electrons. The first-order valence-corrected chi connectivity index (χ1v) is 7.60. The van der Waals surface area contributed by atoms with Crippen LogP contribution in [-0.4, -0.2) is 4.57 Å². The molecule has 1 aromatic heterocycles. The quantitative estimate of drug-likeness (QED) is 0.790. The van der Waals surface area contributed by atoms with Gasteiger partial charge in [-0.1, -0.05) is 24.8 Å². The standard InChI is InChI=1S/C20H17F2NO/c1-3-4-5-6-7-9-16(17-10-8-13-23(2)20(17)24)18-14-15(21)11-12-19(18)22/h8,10-14,16H,3,9H2,1-2H3. The fourth-order valence-corrected chi connectivity index (χ4v) is 2.38. The Kier molecular flexibility index (Phi) is 5.93. The molecule has 0 N–H and O–H groups in total. The first-order chi connectivity index (χ1) is 11.5. The average molecular weight is 325 g/mol. The van der Waals surface area contributed by atoms with Crippen molar-refractivity contribution in [3.63, 3.8) is 0 Å². The molecule has 0 radical (unpaired) electrons. The number of aromatic nitrogens is 1. The van der Waals surface area contributed by atoms with Crippen LogP contribution >= 0.6 is 0 Å². The van der Waals surface area contributed by atoms with Gasteiger partial charge in [-0.3, -0.25) is 4.79 Å². The van der Waals surface area contributed by atoms with Gasteiger partial charge in [0.1, 0.15) is 11.6 Å². The van der Waals surface area contributed by atoms with E-state index in [0.29, 0.717) is 12.0 Å². The lowest BCUT2D eigenvalue weighted by molar-refractivity contribution is 0.574. The number of aryl methyl sites for hydroxylation is 1. The Bertz CT molecular complexity index is 907. The molecule has 2 rings (SSSR count). The van der Waals surface area contributed by atoms with Gasteiger partial charge in [0.2, 0.25) is 0 Å². The third-order valence-corrected chi connectivity index (χ3v) is 3.58. The first-order valence-electron chi connectivity index (χ1n) is 7.60. The van der Waals surface area contributed by atoms with Crippen molar-refractivity contribution in [2.75, 3.05) is 0 Å². The molecule has 0 amide bonds. The van der Waals surface area contributed by atoms with Crippen LogP contribution in [0.5, 0.6) is 0 Å². The lowest BCUT2D eigenvalue weighted by atomic mass is 9.89. The SMILES string of the molecule is CCC#CC#CCC(c1cc(F)ccc1F)c1cccn(C)c1=O. The molecule has 2 aromatic rings. The molecule has 0 aliphatic heterocycles. The van der Waals surface area contributed by atoms with Crippen LogP contribution in [0, 0.1) is 35.3 Å². The van der Waals surface area contributed by atoms with Crippen LogP contribution in [0.1, 0.15) is 36.8 Å². The van der Waals surface area contributed by atoms with Gasteiger partial charge in [0.15, 0.2) is 0 Å². The van der Waals surface area contributed by atoms with Crippen molar-refractivity contribution in [2.45, 2.75) is 25.7 Å². The van der Waals surface area contributed by atoms with Crippen molar-refractivity contribution < 1.29 is 8.78 Å². The number of hydrogen-bond donors (Lipinski definition) is 0. The van der Waals surface area contributed by atoms with E-state index >= 15 is 0 Å². The number of rotatable bonds is 3. The summed E-state index contributed by atoms with van der Waals surface area (Å²) in [5.74, 6) is 9.27. The van der Waals surface area contributed by atoms with Crippen molar-refractivity contribution in [2.24, 2.45) is 7.05 Å². The predicted octanol–water partition coefficient (Wildman–Crippen LogP) is 3.60. The molecule has 4 heteroatoms. The Labute approximate surface area is 140 Å². The summed E-state index contributed by atoms with van der Waals surface area (Å²) in [6.45, 7) is 1.91. The van der Waals surface area contributed by atoms with Gasteiger partial charge in [-0.25, -0.2) is 8.78 Å².